The lowest BCUT2D eigenvalue weighted by Crippen LogP contribution is -2.13. The largest absolute Gasteiger partial charge is 0.454 e. The summed E-state index contributed by atoms with van der Waals surface area (Å²) in [7, 11) is 0. The zero-order valence-electron chi connectivity index (χ0n) is 35.9. The minimum Gasteiger partial charge on any atom is -0.454 e. The molecule has 11 aromatic rings. The van der Waals surface area contributed by atoms with Crippen LogP contribution in [0.3, 0.4) is 0 Å². The molecule has 328 valence electrons. The second-order valence-corrected chi connectivity index (χ2v) is 17.1. The number of hydrogen-bond donors (Lipinski definition) is 0. The molecule has 1 aliphatic rings. The van der Waals surface area contributed by atoms with Crippen LogP contribution in [-0.2, 0) is 12.4 Å². The van der Waals surface area contributed by atoms with Crippen molar-refractivity contribution in [2.75, 3.05) is 9.80 Å². The van der Waals surface area contributed by atoms with Crippen molar-refractivity contribution < 1.29 is 35.2 Å². The molecule has 0 radical (unpaired) electrons. The average Bonchev–Trinajstić information content (AvgIpc) is 3.85. The van der Waals surface area contributed by atoms with Crippen molar-refractivity contribution in [3.05, 3.63) is 192 Å². The Morgan fingerprint density at radius 1 is 0.448 bits per heavy atom. The highest BCUT2D eigenvalue weighted by Gasteiger charge is 2.33. The molecule has 0 bridgehead atoms. The number of furan rings is 2. The van der Waals surface area contributed by atoms with Crippen LogP contribution >= 0.6 is 0 Å². The Hall–Kier alpha value is -7.98. The van der Waals surface area contributed by atoms with Crippen LogP contribution in [0, 0.1) is 6.92 Å². The lowest BCUT2D eigenvalue weighted by Gasteiger charge is -2.29. The van der Waals surface area contributed by atoms with Gasteiger partial charge in [0.05, 0.1) is 33.9 Å². The Morgan fingerprint density at radius 2 is 0.925 bits per heavy atom. The number of alkyl halides is 6. The van der Waals surface area contributed by atoms with Gasteiger partial charge in [-0.3, -0.25) is 0 Å². The van der Waals surface area contributed by atoms with E-state index in [1.54, 1.807) is 0 Å². The van der Waals surface area contributed by atoms with Gasteiger partial charge in [0, 0.05) is 43.9 Å². The summed E-state index contributed by atoms with van der Waals surface area (Å²) in [5.41, 5.74) is 6.91. The van der Waals surface area contributed by atoms with Crippen molar-refractivity contribution in [1.29, 1.82) is 0 Å². The van der Waals surface area contributed by atoms with Crippen LogP contribution < -0.4 is 9.80 Å². The normalized spacial score (nSPS) is 13.3. The molecule has 2 heterocycles. The first-order chi connectivity index (χ1) is 32.3. The Balaban J connectivity index is 1.12. The van der Waals surface area contributed by atoms with E-state index >= 15 is 0 Å². The maximum Gasteiger partial charge on any atom is 0.416 e. The fraction of sp³-hybridized carbons (Fsp3) is 0.0877. The standard InChI is InChI=1S/C57H36F6N2O2/c1-32-8-3-4-10-40-42-12-6-14-48(54(42)66-52(32)40)64(38-24-20-36(21-25-38)56(58,59)60)46-30-18-34-17-29-45-47(31-19-35-16-28-44(46)50(34)51(35)45)65(39-26-22-37(23-27-39)57(61,62)63)49-15-7-13-43-41-11-5-9-33(2)53(41)67-55(43)49/h4-31H,3H2,1-2H3. The maximum atomic E-state index is 14.0. The first-order valence-corrected chi connectivity index (χ1v) is 21.8. The van der Waals surface area contributed by atoms with Crippen LogP contribution in [0.15, 0.2) is 173 Å². The van der Waals surface area contributed by atoms with Crippen LogP contribution in [-0.4, -0.2) is 0 Å². The van der Waals surface area contributed by atoms with Gasteiger partial charge in [0.15, 0.2) is 11.2 Å². The van der Waals surface area contributed by atoms with Crippen molar-refractivity contribution in [3.63, 3.8) is 0 Å². The minimum atomic E-state index is -4.54. The fourth-order valence-corrected chi connectivity index (χ4v) is 9.98. The number of para-hydroxylation sites is 3. The number of allylic oxidation sites excluding steroid dienone is 3. The van der Waals surface area contributed by atoms with Gasteiger partial charge in [0.25, 0.3) is 0 Å². The fourth-order valence-electron chi connectivity index (χ4n) is 9.98. The predicted octanol–water partition coefficient (Wildman–Crippen LogP) is 18.3. The van der Waals surface area contributed by atoms with Gasteiger partial charge < -0.3 is 18.6 Å². The van der Waals surface area contributed by atoms with Crippen molar-refractivity contribution >= 4 is 111 Å². The summed E-state index contributed by atoms with van der Waals surface area (Å²) in [6.45, 7) is 3.98. The number of hydrogen-bond acceptors (Lipinski definition) is 4. The van der Waals surface area contributed by atoms with Crippen molar-refractivity contribution in [2.24, 2.45) is 0 Å². The molecule has 0 amide bonds. The van der Waals surface area contributed by atoms with Crippen LogP contribution in [0.5, 0.6) is 0 Å². The summed E-state index contributed by atoms with van der Waals surface area (Å²) in [5.74, 6) is 0.734. The molecule has 10 heteroatoms. The Kier molecular flexibility index (Phi) is 8.93. The van der Waals surface area contributed by atoms with Crippen LogP contribution in [0.25, 0.3) is 76.9 Å². The van der Waals surface area contributed by atoms with Crippen molar-refractivity contribution in [2.45, 2.75) is 32.6 Å². The number of nitrogens with zero attached hydrogens (tertiary/aromatic N) is 2. The first kappa shape index (κ1) is 40.5. The van der Waals surface area contributed by atoms with E-state index in [0.29, 0.717) is 45.3 Å². The van der Waals surface area contributed by atoms with E-state index in [-0.39, 0.29) is 0 Å². The average molecular weight is 895 g/mol. The summed E-state index contributed by atoms with van der Waals surface area (Å²) in [6, 6.07) is 44.0. The molecule has 2 aromatic heterocycles. The highest BCUT2D eigenvalue weighted by Crippen LogP contribution is 2.51. The van der Waals surface area contributed by atoms with Crippen molar-refractivity contribution in [3.8, 4) is 0 Å². The number of halogens is 6. The van der Waals surface area contributed by atoms with Gasteiger partial charge >= 0.3 is 12.4 Å². The van der Waals surface area contributed by atoms with Gasteiger partial charge in [-0.05, 0) is 126 Å². The Morgan fingerprint density at radius 3 is 1.46 bits per heavy atom. The van der Waals surface area contributed by atoms with Crippen LogP contribution in [0.1, 0.15) is 41.4 Å². The number of benzene rings is 9. The quantitative estimate of drug-likeness (QED) is 0.123. The summed E-state index contributed by atoms with van der Waals surface area (Å²) < 4.78 is 97.5. The predicted molar refractivity (Wildman–Crippen MR) is 259 cm³/mol. The van der Waals surface area contributed by atoms with Crippen molar-refractivity contribution in [1.82, 2.24) is 0 Å². The van der Waals surface area contributed by atoms with Gasteiger partial charge in [-0.2, -0.15) is 26.3 Å². The summed E-state index contributed by atoms with van der Waals surface area (Å²) in [6.07, 6.45) is -2.08. The highest BCUT2D eigenvalue weighted by molar-refractivity contribution is 6.28. The van der Waals surface area contributed by atoms with E-state index in [2.05, 4.69) is 18.2 Å². The molecule has 0 unspecified atom stereocenters. The number of rotatable bonds is 6. The molecule has 1 aliphatic carbocycles. The lowest BCUT2D eigenvalue weighted by molar-refractivity contribution is -0.138. The molecule has 12 rings (SSSR count). The summed E-state index contributed by atoms with van der Waals surface area (Å²) >= 11 is 0. The molecular formula is C57H36F6N2O2. The van der Waals surface area contributed by atoms with E-state index in [9.17, 15) is 26.3 Å². The molecule has 0 saturated heterocycles. The molecule has 0 spiro atoms. The summed E-state index contributed by atoms with van der Waals surface area (Å²) in [5, 5.41) is 7.96. The lowest BCUT2D eigenvalue weighted by atomic mass is 9.91. The van der Waals surface area contributed by atoms with E-state index in [0.717, 1.165) is 107 Å². The topological polar surface area (TPSA) is 32.8 Å². The number of anilines is 6. The molecule has 0 saturated carbocycles. The third-order valence-electron chi connectivity index (χ3n) is 13.1. The van der Waals surface area contributed by atoms with E-state index in [4.69, 9.17) is 8.83 Å². The number of fused-ring (bicyclic) bond motifs is 6. The van der Waals surface area contributed by atoms with Gasteiger partial charge in [0.2, 0.25) is 0 Å². The smallest absolute Gasteiger partial charge is 0.416 e. The minimum absolute atomic E-state index is 0.492. The van der Waals surface area contributed by atoms with Gasteiger partial charge in [-0.1, -0.05) is 97.1 Å². The van der Waals surface area contributed by atoms with Crippen LogP contribution in [0.2, 0.25) is 0 Å². The van der Waals surface area contributed by atoms with E-state index < -0.39 is 23.5 Å². The molecule has 9 aromatic carbocycles. The van der Waals surface area contributed by atoms with Gasteiger partial charge in [0.1, 0.15) is 11.3 Å². The first-order valence-electron chi connectivity index (χ1n) is 21.8. The zero-order valence-corrected chi connectivity index (χ0v) is 35.9. The van der Waals surface area contributed by atoms with Gasteiger partial charge in [-0.25, -0.2) is 0 Å². The summed E-state index contributed by atoms with van der Waals surface area (Å²) in [4.78, 5) is 3.91. The zero-order chi connectivity index (χ0) is 45.9. The second-order valence-electron chi connectivity index (χ2n) is 17.1. The van der Waals surface area contributed by atoms with Crippen LogP contribution in [0.4, 0.5) is 60.5 Å². The van der Waals surface area contributed by atoms with Gasteiger partial charge in [-0.15, -0.1) is 0 Å². The molecule has 4 nitrogen and oxygen atoms in total. The highest BCUT2D eigenvalue weighted by atomic mass is 19.4. The molecule has 0 fully saturated rings. The molecule has 0 aliphatic heterocycles. The van der Waals surface area contributed by atoms with E-state index in [1.807, 2.05) is 127 Å². The third kappa shape index (κ3) is 6.37. The third-order valence-corrected chi connectivity index (χ3v) is 13.1. The molecule has 0 atom stereocenters. The molecule has 67 heavy (non-hydrogen) atoms. The van der Waals surface area contributed by atoms with E-state index in [1.165, 1.54) is 24.3 Å². The Labute approximate surface area is 379 Å². The second kappa shape index (κ2) is 14.8. The Bertz CT molecular complexity index is 3840. The monoisotopic (exact) mass is 894 g/mol. The maximum absolute atomic E-state index is 14.0. The molecular weight excluding hydrogens is 859 g/mol. The number of aryl methyl sites for hydroxylation is 1. The SMILES string of the molecule is CC1=CCC=Cc2c1oc1c(N(c3ccc(C(F)(F)F)cc3)c3ccc4ccc5c(N(c6ccc(C(F)(F)F)cc6)c6cccc7c6oc6c(C)cccc67)ccc6ccc3c4c65)cccc21. The molecule has 0 N–H and O–H groups in total.